The molecule has 338 valence electrons. The third-order valence-corrected chi connectivity index (χ3v) is 11.4. The van der Waals surface area contributed by atoms with Crippen LogP contribution in [-0.2, 0) is 28.1 Å². The highest BCUT2D eigenvalue weighted by molar-refractivity contribution is 5.97. The molecule has 0 amide bonds. The molecule has 8 aromatic rings. The number of fused-ring (bicyclic) bond motifs is 1. The molecule has 0 saturated carbocycles. The fraction of sp³-hybridized carbons (Fsp3) is 0.323. The zero-order chi connectivity index (χ0) is 73.5. The molecular formula is C62H69N3O. The molecule has 0 aliphatic rings. The van der Waals surface area contributed by atoms with Crippen molar-refractivity contribution in [3.05, 3.63) is 167 Å². The summed E-state index contributed by atoms with van der Waals surface area (Å²) in [5, 5.41) is 13.1. The number of para-hydroxylation sites is 1. The molecule has 6 aromatic carbocycles. The highest BCUT2D eigenvalue weighted by Crippen LogP contribution is 2.45. The Kier molecular flexibility index (Phi) is 5.62. The second-order valence-corrected chi connectivity index (χ2v) is 18.1. The number of aromatic nitrogens is 3. The lowest BCUT2D eigenvalue weighted by Gasteiger charge is -2.27. The first-order chi connectivity index (χ1) is 43.9. The Labute approximate surface area is 438 Å². The van der Waals surface area contributed by atoms with Crippen molar-refractivity contribution >= 4 is 11.0 Å². The van der Waals surface area contributed by atoms with Gasteiger partial charge < -0.3 is 5.11 Å². The maximum absolute atomic E-state index is 13.1. The van der Waals surface area contributed by atoms with Gasteiger partial charge >= 0.3 is 0 Å². The maximum Gasteiger partial charge on any atom is 0.149 e. The van der Waals surface area contributed by atoms with Crippen LogP contribution in [-0.4, -0.2) is 19.6 Å². The molecule has 0 spiro atoms. The molecule has 0 atom stereocenters. The summed E-state index contributed by atoms with van der Waals surface area (Å²) >= 11 is 0. The van der Waals surface area contributed by atoms with E-state index in [9.17, 15) is 7.85 Å². The summed E-state index contributed by atoms with van der Waals surface area (Å²) in [5.41, 5.74) is -14.5. The van der Waals surface area contributed by atoms with E-state index in [4.69, 9.17) is 44.7 Å². The summed E-state index contributed by atoms with van der Waals surface area (Å²) in [7, 11) is 0. The van der Waals surface area contributed by atoms with Crippen molar-refractivity contribution in [2.45, 2.75) is 124 Å². The fourth-order valence-electron chi connectivity index (χ4n) is 8.06. The van der Waals surface area contributed by atoms with E-state index in [1.165, 1.54) is 22.9 Å². The van der Waals surface area contributed by atoms with Crippen molar-refractivity contribution in [2.24, 2.45) is 5.92 Å². The molecule has 0 fully saturated rings. The number of hydrogen-bond donors (Lipinski definition) is 1. The predicted octanol–water partition coefficient (Wildman–Crippen LogP) is 16.8. The summed E-state index contributed by atoms with van der Waals surface area (Å²) < 4.78 is 271. The van der Waals surface area contributed by atoms with Crippen LogP contribution in [0.3, 0.4) is 0 Å². The molecule has 4 nitrogen and oxygen atoms in total. The normalized spacial score (nSPS) is 21.3. The average molecular weight is 903 g/mol. The van der Waals surface area contributed by atoms with Gasteiger partial charge in [0.05, 0.1) is 27.8 Å². The van der Waals surface area contributed by atoms with E-state index in [1.807, 2.05) is 65.0 Å². The number of aromatic hydroxyl groups is 1. The van der Waals surface area contributed by atoms with Crippen molar-refractivity contribution in [3.63, 3.8) is 0 Å². The molecule has 0 aliphatic heterocycles. The van der Waals surface area contributed by atoms with Crippen molar-refractivity contribution < 1.29 is 47.6 Å². The summed E-state index contributed by atoms with van der Waals surface area (Å²) in [4.78, 5) is 9.71. The van der Waals surface area contributed by atoms with Crippen LogP contribution in [0.1, 0.15) is 167 Å². The number of hydrogen-bond acceptors (Lipinski definition) is 3. The zero-order valence-corrected chi connectivity index (χ0v) is 37.0. The van der Waals surface area contributed by atoms with Crippen LogP contribution in [0.15, 0.2) is 140 Å². The largest absolute Gasteiger partial charge is 0.507 e. The minimum atomic E-state index is -4.24. The Balaban J connectivity index is 1.55. The zero-order valence-electron chi connectivity index (χ0n) is 68.0. The summed E-state index contributed by atoms with van der Waals surface area (Å²) in [6, 6.07) is 23.4. The Morgan fingerprint density at radius 1 is 0.576 bits per heavy atom. The number of pyridine rings is 1. The quantitative estimate of drug-likeness (QED) is 0.165. The summed E-state index contributed by atoms with van der Waals surface area (Å²) in [6.07, 6.45) is 1.67. The molecular weight excluding hydrogens is 803 g/mol. The molecule has 2 heterocycles. The van der Waals surface area contributed by atoms with Crippen molar-refractivity contribution in [1.82, 2.24) is 14.5 Å². The van der Waals surface area contributed by atoms with E-state index in [0.717, 1.165) is 16.7 Å². The second-order valence-electron chi connectivity index (χ2n) is 18.1. The lowest BCUT2D eigenvalue weighted by molar-refractivity contribution is 0.446. The average Bonchev–Trinajstić information content (AvgIpc) is 0.981. The van der Waals surface area contributed by atoms with E-state index in [2.05, 4.69) is 4.98 Å². The van der Waals surface area contributed by atoms with E-state index in [-0.39, 0.29) is 45.5 Å². The van der Waals surface area contributed by atoms with Crippen molar-refractivity contribution in [3.8, 4) is 67.5 Å². The topological polar surface area (TPSA) is 50.9 Å². The molecule has 0 unspecified atom stereocenters. The van der Waals surface area contributed by atoms with Crippen LogP contribution < -0.4 is 0 Å². The van der Waals surface area contributed by atoms with Crippen LogP contribution in [0, 0.1) is 5.92 Å². The van der Waals surface area contributed by atoms with Crippen LogP contribution in [0.5, 0.6) is 5.75 Å². The SMILES string of the molecule is [2H]c1c([2H])c(C(C([2H])([2H])[2H])(C([2H])([2H])[2H])C([2H])([2H])[2H])c([2H])c([2H])c1-c1ccnc(-c2cc(-c3cccc4c3nc(-c3cc(C(C([2H])([2H])[2H])(C([2H])([2H])[2H])C([2H])([2H])[2H])cc(C(C([2H])([2H])[2H])(C([2H])([2H])[2H])C([2H])([2H])[2H])c3O)n4-c3ccc(-c4ccccc4)c(CC(C)C)c3)cc(C(C)(C)C)c2)c1. The third kappa shape index (κ3) is 9.38. The third-order valence-electron chi connectivity index (χ3n) is 11.4. The minimum Gasteiger partial charge on any atom is -0.507 e. The summed E-state index contributed by atoms with van der Waals surface area (Å²) in [6.45, 7) is -27.4. The molecule has 0 bridgehead atoms. The second kappa shape index (κ2) is 17.2. The van der Waals surface area contributed by atoms with Gasteiger partial charge in [0.15, 0.2) is 0 Å². The van der Waals surface area contributed by atoms with E-state index in [1.54, 1.807) is 54.6 Å². The smallest absolute Gasteiger partial charge is 0.149 e. The fourth-order valence-corrected chi connectivity index (χ4v) is 8.06. The Morgan fingerprint density at radius 3 is 1.94 bits per heavy atom. The standard InChI is InChI=1S/C62H69N3O/c1-39(2)31-43-35-49(27-28-50(43)41-19-16-15-17-20-41)65-55-22-18-21-51(56(55)64-58(65)52-37-48(61(9,10)11)38-53(57(52)66)62(12,13)14)44-32-45(34-47(33-44)60(6,7)8)54-36-42(29-30-63-54)40-23-25-46(26-24-40)59(3,4)5/h15-30,32-39,66H,31H2,1-14H3/i3D3,4D3,5D3,9D3,10D3,11D3,12D3,13D3,14D3,23D,24D,25D,26D. The first-order valence-electron chi connectivity index (χ1n) is 36.7. The predicted molar refractivity (Wildman–Crippen MR) is 281 cm³/mol. The van der Waals surface area contributed by atoms with Gasteiger partial charge in [-0.2, -0.15) is 0 Å². The Morgan fingerprint density at radius 2 is 1.26 bits per heavy atom. The minimum absolute atomic E-state index is 0.00597. The van der Waals surface area contributed by atoms with Gasteiger partial charge in [-0.05, 0) is 133 Å². The first kappa shape index (κ1) is 21.6. The lowest BCUT2D eigenvalue weighted by Crippen LogP contribution is -2.17. The van der Waals surface area contributed by atoms with Gasteiger partial charge in [0.25, 0.3) is 0 Å². The maximum atomic E-state index is 13.1. The van der Waals surface area contributed by atoms with Gasteiger partial charge in [0.1, 0.15) is 11.6 Å². The molecule has 0 saturated heterocycles. The number of imidazole rings is 1. The van der Waals surface area contributed by atoms with Gasteiger partial charge in [-0.3, -0.25) is 9.55 Å². The molecule has 0 aliphatic carbocycles. The van der Waals surface area contributed by atoms with Crippen LogP contribution >= 0.6 is 0 Å². The van der Waals surface area contributed by atoms with E-state index >= 15 is 0 Å². The van der Waals surface area contributed by atoms with E-state index in [0.29, 0.717) is 29.2 Å². The number of nitrogens with zero attached hydrogens (tertiary/aromatic N) is 3. The van der Waals surface area contributed by atoms with Crippen molar-refractivity contribution in [2.75, 3.05) is 0 Å². The number of phenolic OH excluding ortho intramolecular Hbond substituents is 1. The number of phenols is 1. The molecule has 66 heavy (non-hydrogen) atoms. The molecule has 1 N–H and O–H groups in total. The Hall–Kier alpha value is -6.26. The molecule has 8 rings (SSSR count). The van der Waals surface area contributed by atoms with E-state index < -0.39 is 147 Å². The lowest BCUT2D eigenvalue weighted by atomic mass is 9.79. The summed E-state index contributed by atoms with van der Waals surface area (Å²) in [5.74, 6) is -2.02. The van der Waals surface area contributed by atoms with Gasteiger partial charge in [0, 0.05) is 65.6 Å². The van der Waals surface area contributed by atoms with Crippen molar-refractivity contribution in [1.29, 1.82) is 0 Å². The first-order valence-corrected chi connectivity index (χ1v) is 21.2. The molecule has 4 heteroatoms. The molecule has 0 radical (unpaired) electrons. The molecule has 2 aromatic heterocycles. The van der Waals surface area contributed by atoms with Crippen LogP contribution in [0.2, 0.25) is 0 Å². The Bertz CT molecular complexity index is 4180. The number of benzene rings is 6. The van der Waals surface area contributed by atoms with Crippen LogP contribution in [0.25, 0.3) is 72.7 Å². The van der Waals surface area contributed by atoms with Gasteiger partial charge in [-0.1, -0.05) is 181 Å². The highest BCUT2D eigenvalue weighted by atomic mass is 16.3. The van der Waals surface area contributed by atoms with Gasteiger partial charge in [0.2, 0.25) is 0 Å². The van der Waals surface area contributed by atoms with Crippen LogP contribution in [0.4, 0.5) is 0 Å². The number of rotatable bonds is 8. The monoisotopic (exact) mass is 903 g/mol. The van der Waals surface area contributed by atoms with Gasteiger partial charge in [-0.15, -0.1) is 0 Å². The van der Waals surface area contributed by atoms with Gasteiger partial charge in [-0.25, -0.2) is 4.98 Å². The highest BCUT2D eigenvalue weighted by Gasteiger charge is 2.29.